The number of nitrogens with one attached hydrogen (secondary N) is 1. The summed E-state index contributed by atoms with van der Waals surface area (Å²) in [6, 6.07) is 0. The summed E-state index contributed by atoms with van der Waals surface area (Å²) < 4.78 is 0. The highest BCUT2D eigenvalue weighted by Crippen LogP contribution is 2.18. The third kappa shape index (κ3) is 2.28. The molecular formula is C10H13NO2. The van der Waals surface area contributed by atoms with Crippen LogP contribution in [-0.4, -0.2) is 18.7 Å². The van der Waals surface area contributed by atoms with Crippen LogP contribution in [0.5, 0.6) is 0 Å². The first kappa shape index (κ1) is 9.71. The van der Waals surface area contributed by atoms with Crippen molar-refractivity contribution in [3.63, 3.8) is 0 Å². The van der Waals surface area contributed by atoms with Crippen molar-refractivity contribution in [2.24, 2.45) is 5.92 Å². The number of hydrogen-bond acceptors (Lipinski definition) is 2. The number of rotatable bonds is 1. The van der Waals surface area contributed by atoms with Gasteiger partial charge < -0.3 is 5.32 Å². The van der Waals surface area contributed by atoms with E-state index in [1.54, 1.807) is 13.1 Å². The Morgan fingerprint density at radius 1 is 1.62 bits per heavy atom. The van der Waals surface area contributed by atoms with Gasteiger partial charge >= 0.3 is 0 Å². The van der Waals surface area contributed by atoms with E-state index >= 15 is 0 Å². The molecule has 1 aliphatic carbocycles. The lowest BCUT2D eigenvalue weighted by Crippen LogP contribution is -2.23. The molecule has 70 valence electrons. The van der Waals surface area contributed by atoms with Gasteiger partial charge in [0, 0.05) is 12.6 Å². The number of ketones is 1. The minimum Gasteiger partial charge on any atom is -0.355 e. The Morgan fingerprint density at radius 3 is 2.92 bits per heavy atom. The summed E-state index contributed by atoms with van der Waals surface area (Å²) >= 11 is 0. The van der Waals surface area contributed by atoms with Crippen molar-refractivity contribution in [3.8, 4) is 0 Å². The minimum absolute atomic E-state index is 0.108. The third-order valence-corrected chi connectivity index (χ3v) is 2.09. The lowest BCUT2D eigenvalue weighted by atomic mass is 9.97. The molecule has 0 aromatic rings. The molecule has 1 rings (SSSR count). The van der Waals surface area contributed by atoms with Gasteiger partial charge in [0.25, 0.3) is 0 Å². The molecule has 0 bridgehead atoms. The minimum atomic E-state index is -0.162. The molecule has 3 heteroatoms. The molecule has 1 aliphatic rings. The van der Waals surface area contributed by atoms with Crippen LogP contribution in [0.1, 0.15) is 13.3 Å². The topological polar surface area (TPSA) is 46.2 Å². The number of amides is 1. The molecule has 1 N–H and O–H groups in total. The highest BCUT2D eigenvalue weighted by atomic mass is 16.2. The van der Waals surface area contributed by atoms with Crippen LogP contribution in [0.2, 0.25) is 0 Å². The number of allylic oxidation sites excluding steroid dienone is 3. The maximum Gasteiger partial charge on any atom is 0.247 e. The van der Waals surface area contributed by atoms with E-state index in [1.807, 2.05) is 6.92 Å². The molecule has 1 atom stereocenters. The van der Waals surface area contributed by atoms with E-state index in [0.29, 0.717) is 5.57 Å². The second-order valence-electron chi connectivity index (χ2n) is 3.12. The second-order valence-corrected chi connectivity index (χ2v) is 3.12. The highest BCUT2D eigenvalue weighted by Gasteiger charge is 2.17. The van der Waals surface area contributed by atoms with Crippen LogP contribution in [0.15, 0.2) is 23.8 Å². The number of likely N-dealkylation sites (N-methyl/N-ethyl adjacent to an activating group) is 1. The largest absolute Gasteiger partial charge is 0.355 e. The van der Waals surface area contributed by atoms with Gasteiger partial charge in [-0.3, -0.25) is 9.59 Å². The zero-order chi connectivity index (χ0) is 9.84. The van der Waals surface area contributed by atoms with Gasteiger partial charge in [-0.2, -0.15) is 0 Å². The average molecular weight is 179 g/mol. The van der Waals surface area contributed by atoms with E-state index in [2.05, 4.69) is 5.32 Å². The van der Waals surface area contributed by atoms with Gasteiger partial charge in [0.15, 0.2) is 5.78 Å². The Labute approximate surface area is 77.5 Å². The van der Waals surface area contributed by atoms with Gasteiger partial charge in [-0.1, -0.05) is 13.0 Å². The molecule has 0 radical (unpaired) electrons. The Morgan fingerprint density at radius 2 is 2.31 bits per heavy atom. The van der Waals surface area contributed by atoms with Crippen molar-refractivity contribution in [3.05, 3.63) is 23.8 Å². The fourth-order valence-corrected chi connectivity index (χ4v) is 1.29. The zero-order valence-corrected chi connectivity index (χ0v) is 7.83. The number of hydrogen-bond donors (Lipinski definition) is 1. The summed E-state index contributed by atoms with van der Waals surface area (Å²) in [5.74, 6) is -0.157. The van der Waals surface area contributed by atoms with Crippen LogP contribution in [0, 0.1) is 5.92 Å². The predicted molar refractivity (Wildman–Crippen MR) is 50.1 cm³/mol. The van der Waals surface area contributed by atoms with E-state index < -0.39 is 0 Å². The highest BCUT2D eigenvalue weighted by molar-refractivity contribution is 6.06. The fourth-order valence-electron chi connectivity index (χ4n) is 1.29. The van der Waals surface area contributed by atoms with Gasteiger partial charge in [0.05, 0.1) is 0 Å². The van der Waals surface area contributed by atoms with Gasteiger partial charge in [0.2, 0.25) is 5.91 Å². The molecule has 1 unspecified atom stereocenters. The first-order valence-corrected chi connectivity index (χ1v) is 4.29. The summed E-state index contributed by atoms with van der Waals surface area (Å²) in [5, 5.41) is 2.53. The predicted octanol–water partition coefficient (Wildman–Crippen LogP) is 0.824. The quantitative estimate of drug-likeness (QED) is 0.648. The molecule has 3 nitrogen and oxygen atoms in total. The molecule has 0 saturated carbocycles. The molecule has 0 heterocycles. The van der Waals surface area contributed by atoms with Crippen molar-refractivity contribution in [1.82, 2.24) is 5.32 Å². The second kappa shape index (κ2) is 4.03. The van der Waals surface area contributed by atoms with Crippen molar-refractivity contribution in [1.29, 1.82) is 0 Å². The van der Waals surface area contributed by atoms with Crippen LogP contribution < -0.4 is 5.32 Å². The lowest BCUT2D eigenvalue weighted by Gasteiger charge is -2.10. The fraction of sp³-hybridized carbons (Fsp3) is 0.400. The molecule has 0 aromatic heterocycles. The molecule has 1 amide bonds. The first-order chi connectivity index (χ1) is 6.15. The van der Waals surface area contributed by atoms with E-state index in [0.717, 1.165) is 6.42 Å². The van der Waals surface area contributed by atoms with E-state index in [-0.39, 0.29) is 17.6 Å². The SMILES string of the molecule is CNC(=O)C1=CC(=O)C=CCC1C. The number of carbonyl (C=O) groups is 2. The van der Waals surface area contributed by atoms with E-state index in [1.165, 1.54) is 12.2 Å². The molecular weight excluding hydrogens is 166 g/mol. The Hall–Kier alpha value is -1.38. The maximum absolute atomic E-state index is 11.3. The van der Waals surface area contributed by atoms with Crippen LogP contribution in [0.4, 0.5) is 0 Å². The third-order valence-electron chi connectivity index (χ3n) is 2.09. The van der Waals surface area contributed by atoms with Gasteiger partial charge in [-0.25, -0.2) is 0 Å². The van der Waals surface area contributed by atoms with E-state index in [4.69, 9.17) is 0 Å². The summed E-state index contributed by atoms with van der Waals surface area (Å²) in [7, 11) is 1.57. The molecule has 0 aromatic carbocycles. The van der Waals surface area contributed by atoms with Gasteiger partial charge in [-0.15, -0.1) is 0 Å². The van der Waals surface area contributed by atoms with Crippen LogP contribution in [0.25, 0.3) is 0 Å². The van der Waals surface area contributed by atoms with Crippen LogP contribution >= 0.6 is 0 Å². The Bertz CT molecular complexity index is 289. The Balaban J connectivity index is 2.93. The first-order valence-electron chi connectivity index (χ1n) is 4.29. The molecule has 0 fully saturated rings. The van der Waals surface area contributed by atoms with Crippen molar-refractivity contribution < 1.29 is 9.59 Å². The van der Waals surface area contributed by atoms with E-state index in [9.17, 15) is 9.59 Å². The van der Waals surface area contributed by atoms with Crippen molar-refractivity contribution >= 4 is 11.7 Å². The lowest BCUT2D eigenvalue weighted by molar-refractivity contribution is -0.118. The molecule has 0 aliphatic heterocycles. The smallest absolute Gasteiger partial charge is 0.247 e. The monoisotopic (exact) mass is 179 g/mol. The normalized spacial score (nSPS) is 22.2. The summed E-state index contributed by atoms with van der Waals surface area (Å²) in [6.07, 6.45) is 5.46. The van der Waals surface area contributed by atoms with Gasteiger partial charge in [-0.05, 0) is 24.5 Å². The summed E-state index contributed by atoms with van der Waals surface area (Å²) in [4.78, 5) is 22.4. The number of carbonyl (C=O) groups excluding carboxylic acids is 2. The molecule has 0 spiro atoms. The molecule has 13 heavy (non-hydrogen) atoms. The maximum atomic E-state index is 11.3. The summed E-state index contributed by atoms with van der Waals surface area (Å²) in [5.41, 5.74) is 0.567. The van der Waals surface area contributed by atoms with Crippen molar-refractivity contribution in [2.45, 2.75) is 13.3 Å². The molecule has 0 saturated heterocycles. The Kier molecular flexibility index (Phi) is 3.01. The van der Waals surface area contributed by atoms with Crippen molar-refractivity contribution in [2.75, 3.05) is 7.05 Å². The standard InChI is InChI=1S/C10H13NO2/c1-7-4-3-5-8(12)6-9(7)10(13)11-2/h3,5-7H,4H2,1-2H3,(H,11,13). The zero-order valence-electron chi connectivity index (χ0n) is 7.83. The van der Waals surface area contributed by atoms with Gasteiger partial charge in [0.1, 0.15) is 0 Å². The van der Waals surface area contributed by atoms with Crippen LogP contribution in [0.3, 0.4) is 0 Å². The average Bonchev–Trinajstić information content (AvgIpc) is 2.27. The summed E-state index contributed by atoms with van der Waals surface area (Å²) in [6.45, 7) is 1.93. The van der Waals surface area contributed by atoms with Crippen LogP contribution in [-0.2, 0) is 9.59 Å².